The minimum absolute atomic E-state index is 0.729. The molecule has 0 bridgehead atoms. The highest BCUT2D eigenvalue weighted by Gasteiger charge is 2.33. The number of hydrogen-bond acceptors (Lipinski definition) is 2. The van der Waals surface area contributed by atoms with Crippen LogP contribution in [-0.2, 0) is 6.18 Å². The van der Waals surface area contributed by atoms with Gasteiger partial charge in [-0.2, -0.15) is 13.2 Å². The summed E-state index contributed by atoms with van der Waals surface area (Å²) >= 11 is 0. The van der Waals surface area contributed by atoms with Gasteiger partial charge in [-0.25, -0.2) is 0 Å². The summed E-state index contributed by atoms with van der Waals surface area (Å²) < 4.78 is 36.0. The van der Waals surface area contributed by atoms with Crippen LogP contribution in [0.1, 0.15) is 5.56 Å². The Balaban J connectivity index is 3.23. The highest BCUT2D eigenvalue weighted by Crippen LogP contribution is 2.34. The summed E-state index contributed by atoms with van der Waals surface area (Å²) in [5.74, 6) is 0. The normalized spacial score (nSPS) is 10.6. The predicted molar refractivity (Wildman–Crippen MR) is 34.6 cm³/mol. The van der Waals surface area contributed by atoms with Gasteiger partial charge in [-0.05, 0) is 23.4 Å². The van der Waals surface area contributed by atoms with Crippen molar-refractivity contribution < 1.29 is 13.2 Å². The highest BCUT2D eigenvalue weighted by atomic mass is 19.4. The summed E-state index contributed by atoms with van der Waals surface area (Å²) in [7, 11) is 0. The molecule has 0 aliphatic carbocycles. The van der Waals surface area contributed by atoms with Crippen LogP contribution in [0.3, 0.4) is 0 Å². The highest BCUT2D eigenvalue weighted by molar-refractivity contribution is 5.43. The van der Waals surface area contributed by atoms with Crippen molar-refractivity contribution in [2.24, 2.45) is 5.18 Å². The molecule has 62 valence electrons. The molecule has 0 heterocycles. The molecule has 0 radical (unpaired) electrons. The maximum absolute atomic E-state index is 12.0. The van der Waals surface area contributed by atoms with Crippen molar-refractivity contribution in [3.05, 3.63) is 34.7 Å². The second kappa shape index (κ2) is 2.81. The largest absolute Gasteiger partial charge is 0.419 e. The topological polar surface area (TPSA) is 29.4 Å². The molecule has 0 amide bonds. The Morgan fingerprint density at radius 3 is 2.50 bits per heavy atom. The maximum atomic E-state index is 12.0. The Bertz CT molecular complexity index is 295. The van der Waals surface area contributed by atoms with E-state index < -0.39 is 17.4 Å². The van der Waals surface area contributed by atoms with Crippen molar-refractivity contribution in [1.82, 2.24) is 0 Å². The molecule has 1 aromatic carbocycles. The summed E-state index contributed by atoms with van der Waals surface area (Å²) in [4.78, 5) is 9.87. The smallest absolute Gasteiger partial charge is 0.166 e. The Morgan fingerprint density at radius 1 is 1.42 bits per heavy atom. The quantitative estimate of drug-likeness (QED) is 0.600. The first kappa shape index (κ1) is 8.53. The van der Waals surface area contributed by atoms with Gasteiger partial charge in [-0.15, -0.1) is 4.91 Å². The van der Waals surface area contributed by atoms with Gasteiger partial charge in [0, 0.05) is 0 Å². The minimum Gasteiger partial charge on any atom is -0.166 e. The third-order valence-corrected chi connectivity index (χ3v) is 1.18. The van der Waals surface area contributed by atoms with Crippen molar-refractivity contribution in [1.29, 1.82) is 0 Å². The summed E-state index contributed by atoms with van der Waals surface area (Å²) in [5, 5.41) is 2.18. The van der Waals surface area contributed by atoms with Crippen LogP contribution in [0.5, 0.6) is 0 Å². The molecule has 12 heavy (non-hydrogen) atoms. The Hall–Kier alpha value is -1.57. The van der Waals surface area contributed by atoms with Gasteiger partial charge in [0.1, 0.15) is 0 Å². The lowest BCUT2D eigenvalue weighted by Crippen LogP contribution is -2.04. The van der Waals surface area contributed by atoms with Gasteiger partial charge in [-0.1, -0.05) is 6.07 Å². The molecule has 2 nitrogen and oxygen atoms in total. The lowest BCUT2D eigenvalue weighted by molar-refractivity contribution is -0.137. The number of alkyl halides is 3. The zero-order valence-electron chi connectivity index (χ0n) is 5.64. The first-order valence-electron chi connectivity index (χ1n) is 2.88. The molecular formula is C7H2F3NO. The number of halogens is 3. The van der Waals surface area contributed by atoms with Crippen molar-refractivity contribution in [3.63, 3.8) is 0 Å². The molecule has 0 fully saturated rings. The lowest BCUT2D eigenvalue weighted by atomic mass is 10.2. The number of hydrogen-bond donors (Lipinski definition) is 0. The molecule has 5 heteroatoms. The van der Waals surface area contributed by atoms with Crippen LogP contribution < -0.4 is 0 Å². The summed E-state index contributed by atoms with van der Waals surface area (Å²) in [5.41, 5.74) is -1.85. The fourth-order valence-electron chi connectivity index (χ4n) is 0.682. The van der Waals surface area contributed by atoms with Crippen LogP contribution in [0.25, 0.3) is 0 Å². The zero-order chi connectivity index (χ0) is 9.19. The van der Waals surface area contributed by atoms with Gasteiger partial charge >= 0.3 is 6.18 Å². The third-order valence-electron chi connectivity index (χ3n) is 1.18. The maximum Gasteiger partial charge on any atom is 0.419 e. The molecule has 0 N–H and O–H groups in total. The van der Waals surface area contributed by atoms with Crippen LogP contribution in [0, 0.1) is 17.0 Å². The Labute approximate surface area is 66.0 Å². The average molecular weight is 173 g/mol. The minimum atomic E-state index is -4.56. The monoisotopic (exact) mass is 173 g/mol. The average Bonchev–Trinajstić information content (AvgIpc) is 2.03. The molecule has 0 saturated carbocycles. The number of nitrogens with zero attached hydrogens (tertiary/aromatic N) is 1. The molecule has 0 aliphatic rings. The fraction of sp³-hybridized carbons (Fsp3) is 0.143. The zero-order valence-corrected chi connectivity index (χ0v) is 5.64. The van der Waals surface area contributed by atoms with Crippen molar-refractivity contribution in [2.45, 2.75) is 6.18 Å². The first-order valence-corrected chi connectivity index (χ1v) is 2.88. The second-order valence-corrected chi connectivity index (χ2v) is 1.95. The van der Waals surface area contributed by atoms with E-state index in [1.807, 2.05) is 6.07 Å². The van der Waals surface area contributed by atoms with Gasteiger partial charge < -0.3 is 0 Å². The van der Waals surface area contributed by atoms with E-state index in [0.717, 1.165) is 12.1 Å². The molecule has 0 aromatic heterocycles. The van der Waals surface area contributed by atoms with E-state index in [-0.39, 0.29) is 0 Å². The first-order chi connectivity index (χ1) is 5.55. The summed E-state index contributed by atoms with van der Waals surface area (Å²) in [6.45, 7) is 0. The van der Waals surface area contributed by atoms with Crippen LogP contribution in [-0.4, -0.2) is 0 Å². The van der Waals surface area contributed by atoms with Crippen LogP contribution in [0.2, 0.25) is 0 Å². The van der Waals surface area contributed by atoms with Gasteiger partial charge in [0.2, 0.25) is 0 Å². The van der Waals surface area contributed by atoms with Crippen molar-refractivity contribution in [3.8, 4) is 0 Å². The van der Waals surface area contributed by atoms with Gasteiger partial charge in [0.05, 0.1) is 5.56 Å². The van der Waals surface area contributed by atoms with Crippen molar-refractivity contribution in [2.75, 3.05) is 0 Å². The van der Waals surface area contributed by atoms with E-state index in [1.54, 1.807) is 0 Å². The molecular weight excluding hydrogens is 171 g/mol. The molecule has 0 spiro atoms. The van der Waals surface area contributed by atoms with E-state index in [9.17, 15) is 18.1 Å². The van der Waals surface area contributed by atoms with E-state index in [1.165, 1.54) is 0 Å². The molecule has 0 saturated heterocycles. The Morgan fingerprint density at radius 2 is 2.08 bits per heavy atom. The molecule has 0 unspecified atom stereocenters. The van der Waals surface area contributed by atoms with E-state index in [4.69, 9.17) is 0 Å². The molecule has 0 atom stereocenters. The van der Waals surface area contributed by atoms with E-state index in [2.05, 4.69) is 11.2 Å². The lowest BCUT2D eigenvalue weighted by Gasteiger charge is -2.04. The number of nitroso groups, excluding NO2 is 1. The predicted octanol–water partition coefficient (Wildman–Crippen LogP) is 2.70. The van der Waals surface area contributed by atoms with Crippen molar-refractivity contribution >= 4 is 5.69 Å². The SMILES string of the molecule is O=Nc1c#cccc1C(F)(F)F. The number of rotatable bonds is 1. The molecule has 1 rings (SSSR count). The Kier molecular flexibility index (Phi) is 2.00. The summed E-state index contributed by atoms with van der Waals surface area (Å²) in [6, 6.07) is 5.93. The van der Waals surface area contributed by atoms with Crippen LogP contribution >= 0.6 is 0 Å². The third kappa shape index (κ3) is 1.53. The second-order valence-electron chi connectivity index (χ2n) is 1.95. The van der Waals surface area contributed by atoms with Gasteiger partial charge in [0.25, 0.3) is 0 Å². The summed E-state index contributed by atoms with van der Waals surface area (Å²) in [6.07, 6.45) is -4.56. The van der Waals surface area contributed by atoms with E-state index in [0.29, 0.717) is 0 Å². The van der Waals surface area contributed by atoms with Crippen LogP contribution in [0.4, 0.5) is 18.9 Å². The van der Waals surface area contributed by atoms with Crippen LogP contribution in [0.15, 0.2) is 17.3 Å². The van der Waals surface area contributed by atoms with Gasteiger partial charge in [0.15, 0.2) is 5.69 Å². The molecule has 0 aliphatic heterocycles. The van der Waals surface area contributed by atoms with Gasteiger partial charge in [-0.3, -0.25) is 0 Å². The van der Waals surface area contributed by atoms with E-state index >= 15 is 0 Å². The molecule has 1 aromatic rings. The fourth-order valence-corrected chi connectivity index (χ4v) is 0.682. The standard InChI is InChI=1S/C7H2F3NO/c8-7(9,10)5-3-1-2-4-6(5)11-12/h1,3H.